The smallest absolute Gasteiger partial charge is 0.322 e. The van der Waals surface area contributed by atoms with Crippen LogP contribution in [-0.2, 0) is 19.6 Å². The molecule has 8 nitrogen and oxygen atoms in total. The molecular formula is C24H30N2O6S. The first-order valence-corrected chi connectivity index (χ1v) is 12.5. The third-order valence-corrected chi connectivity index (χ3v) is 7.74. The molecule has 2 atom stereocenters. The molecule has 0 saturated carbocycles. The van der Waals surface area contributed by atoms with Crippen LogP contribution in [0.5, 0.6) is 5.75 Å². The lowest BCUT2D eigenvalue weighted by molar-refractivity contribution is -0.143. The number of carbonyl (C=O) groups is 2. The highest BCUT2D eigenvalue weighted by Gasteiger charge is 2.41. The van der Waals surface area contributed by atoms with Crippen molar-refractivity contribution >= 4 is 21.9 Å². The molecule has 2 aromatic rings. The summed E-state index contributed by atoms with van der Waals surface area (Å²) in [5.74, 6) is -0.855. The molecule has 1 amide bonds. The van der Waals surface area contributed by atoms with Crippen LogP contribution in [0.1, 0.15) is 39.5 Å². The molecule has 178 valence electrons. The predicted octanol–water partition coefficient (Wildman–Crippen LogP) is 3.22. The number of nitrogens with one attached hydrogen (secondary N) is 1. The van der Waals surface area contributed by atoms with E-state index in [-0.39, 0.29) is 35.6 Å². The maximum atomic E-state index is 13.2. The zero-order valence-corrected chi connectivity index (χ0v) is 19.6. The highest BCUT2D eigenvalue weighted by molar-refractivity contribution is 7.89. The number of hydrogen-bond donors (Lipinski definition) is 3. The lowest BCUT2D eigenvalue weighted by Crippen LogP contribution is -2.54. The molecule has 1 fully saturated rings. The number of sulfonamides is 1. The van der Waals surface area contributed by atoms with Crippen LogP contribution >= 0.6 is 0 Å². The Morgan fingerprint density at radius 3 is 2.18 bits per heavy atom. The van der Waals surface area contributed by atoms with Crippen molar-refractivity contribution in [3.8, 4) is 16.9 Å². The molecule has 2 aromatic carbocycles. The number of carboxylic acid groups (broad SMARTS) is 1. The Morgan fingerprint density at radius 2 is 1.64 bits per heavy atom. The number of hydrogen-bond acceptors (Lipinski definition) is 5. The summed E-state index contributed by atoms with van der Waals surface area (Å²) in [5.41, 5.74) is 1.58. The van der Waals surface area contributed by atoms with Crippen LogP contribution in [0.25, 0.3) is 11.1 Å². The first-order chi connectivity index (χ1) is 15.6. The fraction of sp³-hybridized carbons (Fsp3) is 0.417. The van der Waals surface area contributed by atoms with Crippen molar-refractivity contribution in [1.29, 1.82) is 0 Å². The van der Waals surface area contributed by atoms with E-state index in [0.717, 1.165) is 21.9 Å². The highest BCUT2D eigenvalue weighted by atomic mass is 32.2. The van der Waals surface area contributed by atoms with Crippen LogP contribution in [0.15, 0.2) is 53.4 Å². The van der Waals surface area contributed by atoms with Crippen molar-refractivity contribution in [3.05, 3.63) is 48.5 Å². The summed E-state index contributed by atoms with van der Waals surface area (Å²) in [7, 11) is -4.04. The van der Waals surface area contributed by atoms with Gasteiger partial charge in [0.2, 0.25) is 15.9 Å². The Balaban J connectivity index is 1.73. The second-order valence-corrected chi connectivity index (χ2v) is 10.7. The van der Waals surface area contributed by atoms with Crippen molar-refractivity contribution in [2.45, 2.75) is 56.5 Å². The zero-order valence-electron chi connectivity index (χ0n) is 18.8. The number of amides is 1. The number of aromatic hydroxyl groups is 1. The number of phenols is 1. The van der Waals surface area contributed by atoms with Crippen LogP contribution in [0.2, 0.25) is 0 Å². The van der Waals surface area contributed by atoms with Crippen molar-refractivity contribution in [2.24, 2.45) is 5.92 Å². The van der Waals surface area contributed by atoms with Crippen LogP contribution in [0, 0.1) is 5.92 Å². The third-order valence-electron chi connectivity index (χ3n) is 5.81. The topological polar surface area (TPSA) is 124 Å². The summed E-state index contributed by atoms with van der Waals surface area (Å²) in [6.45, 7) is 4.05. The first kappa shape index (κ1) is 24.7. The monoisotopic (exact) mass is 474 g/mol. The number of benzene rings is 2. The summed E-state index contributed by atoms with van der Waals surface area (Å²) >= 11 is 0. The summed E-state index contributed by atoms with van der Waals surface area (Å²) < 4.78 is 27.5. The number of piperidine rings is 1. The Labute approximate surface area is 194 Å². The van der Waals surface area contributed by atoms with E-state index in [2.05, 4.69) is 5.32 Å². The van der Waals surface area contributed by atoms with E-state index in [1.54, 1.807) is 36.4 Å². The second-order valence-electron chi connectivity index (χ2n) is 8.76. The molecule has 1 saturated heterocycles. The van der Waals surface area contributed by atoms with Gasteiger partial charge < -0.3 is 15.5 Å². The van der Waals surface area contributed by atoms with Crippen LogP contribution in [0.4, 0.5) is 0 Å². The van der Waals surface area contributed by atoms with Gasteiger partial charge >= 0.3 is 5.97 Å². The molecule has 3 rings (SSSR count). The Bertz CT molecular complexity index is 1080. The predicted molar refractivity (Wildman–Crippen MR) is 124 cm³/mol. The molecule has 1 aliphatic rings. The largest absolute Gasteiger partial charge is 0.508 e. The van der Waals surface area contributed by atoms with Gasteiger partial charge in [-0.2, -0.15) is 4.31 Å². The normalized spacial score (nSPS) is 19.4. The number of phenolic OH excluding ortho intramolecular Hbond substituents is 1. The van der Waals surface area contributed by atoms with E-state index in [1.807, 2.05) is 13.8 Å². The molecular weight excluding hydrogens is 444 g/mol. The molecule has 0 radical (unpaired) electrons. The average molecular weight is 475 g/mol. The molecule has 9 heteroatoms. The van der Waals surface area contributed by atoms with Crippen LogP contribution < -0.4 is 5.32 Å². The van der Waals surface area contributed by atoms with Crippen molar-refractivity contribution in [1.82, 2.24) is 9.62 Å². The van der Waals surface area contributed by atoms with Gasteiger partial charge in [-0.1, -0.05) is 38.1 Å². The number of carboxylic acids is 1. The van der Waals surface area contributed by atoms with Crippen LogP contribution in [0.3, 0.4) is 0 Å². The molecule has 0 spiro atoms. The van der Waals surface area contributed by atoms with E-state index in [9.17, 15) is 28.2 Å². The van der Waals surface area contributed by atoms with E-state index in [0.29, 0.717) is 18.8 Å². The molecule has 0 unspecified atom stereocenters. The quantitative estimate of drug-likeness (QED) is 0.540. The Kier molecular flexibility index (Phi) is 7.76. The third kappa shape index (κ3) is 6.11. The molecule has 0 bridgehead atoms. The van der Waals surface area contributed by atoms with E-state index in [1.165, 1.54) is 12.1 Å². The summed E-state index contributed by atoms with van der Waals surface area (Å²) in [5, 5.41) is 22.0. The lowest BCUT2D eigenvalue weighted by Gasteiger charge is -2.36. The van der Waals surface area contributed by atoms with Gasteiger partial charge in [-0.05, 0) is 60.6 Å². The molecule has 0 aromatic heterocycles. The van der Waals surface area contributed by atoms with E-state index >= 15 is 0 Å². The van der Waals surface area contributed by atoms with Crippen molar-refractivity contribution < 1.29 is 28.2 Å². The second kappa shape index (κ2) is 10.4. The first-order valence-electron chi connectivity index (χ1n) is 11.0. The maximum Gasteiger partial charge on any atom is 0.322 e. The van der Waals surface area contributed by atoms with Gasteiger partial charge in [-0.25, -0.2) is 8.42 Å². The van der Waals surface area contributed by atoms with Gasteiger partial charge in [0.25, 0.3) is 0 Å². The number of nitrogens with zero attached hydrogens (tertiary/aromatic N) is 1. The van der Waals surface area contributed by atoms with Gasteiger partial charge in [-0.15, -0.1) is 0 Å². The number of carbonyl (C=O) groups excluding carboxylic acids is 1. The van der Waals surface area contributed by atoms with E-state index < -0.39 is 22.0 Å². The van der Waals surface area contributed by atoms with Crippen LogP contribution in [-0.4, -0.2) is 53.4 Å². The average Bonchev–Trinajstić information content (AvgIpc) is 2.78. The summed E-state index contributed by atoms with van der Waals surface area (Å²) in [6, 6.07) is 11.1. The van der Waals surface area contributed by atoms with Gasteiger partial charge in [-0.3, -0.25) is 9.59 Å². The van der Waals surface area contributed by atoms with Gasteiger partial charge in [0, 0.05) is 19.0 Å². The molecule has 1 aliphatic heterocycles. The number of aliphatic carboxylic acids is 1. The fourth-order valence-corrected chi connectivity index (χ4v) is 5.52. The standard InChI is InChI=1S/C24H30N2O6S/c1-16(2)3-12-23(28)25-19-13-14-26(22(15-19)24(29)30)33(31,32)21-10-6-18(7-11-21)17-4-8-20(27)9-5-17/h4-11,16,19,22,27H,3,12-15H2,1-2H3,(H,25,28)(H,29,30)/t19-,22-/m1/s1. The van der Waals surface area contributed by atoms with Crippen molar-refractivity contribution in [2.75, 3.05) is 6.54 Å². The zero-order chi connectivity index (χ0) is 24.2. The van der Waals surface area contributed by atoms with Gasteiger partial charge in [0.1, 0.15) is 11.8 Å². The SMILES string of the molecule is CC(C)CCC(=O)N[C@@H]1CCN(S(=O)(=O)c2ccc(-c3ccc(O)cc3)cc2)[C@@H](C(=O)O)C1. The van der Waals surface area contributed by atoms with Crippen molar-refractivity contribution in [3.63, 3.8) is 0 Å². The summed E-state index contributed by atoms with van der Waals surface area (Å²) in [6.07, 6.45) is 1.47. The molecule has 33 heavy (non-hydrogen) atoms. The van der Waals surface area contributed by atoms with Gasteiger partial charge in [0.05, 0.1) is 4.90 Å². The minimum atomic E-state index is -4.04. The fourth-order valence-electron chi connectivity index (χ4n) is 3.91. The highest BCUT2D eigenvalue weighted by Crippen LogP contribution is 2.28. The molecule has 1 heterocycles. The van der Waals surface area contributed by atoms with E-state index in [4.69, 9.17) is 0 Å². The Morgan fingerprint density at radius 1 is 1.06 bits per heavy atom. The maximum absolute atomic E-state index is 13.2. The summed E-state index contributed by atoms with van der Waals surface area (Å²) in [4.78, 5) is 24.1. The molecule has 3 N–H and O–H groups in total. The minimum absolute atomic E-state index is 0.00808. The Hall–Kier alpha value is -2.91. The van der Waals surface area contributed by atoms with Gasteiger partial charge in [0.15, 0.2) is 0 Å². The number of rotatable bonds is 8. The lowest BCUT2D eigenvalue weighted by atomic mass is 9.99. The minimum Gasteiger partial charge on any atom is -0.508 e. The molecule has 0 aliphatic carbocycles.